The van der Waals surface area contributed by atoms with Gasteiger partial charge >= 0.3 is 0 Å². The van der Waals surface area contributed by atoms with E-state index in [4.69, 9.17) is 21.1 Å². The third-order valence-electron chi connectivity index (χ3n) is 3.31. The van der Waals surface area contributed by atoms with Crippen molar-refractivity contribution in [2.24, 2.45) is 0 Å². The molecule has 0 aliphatic carbocycles. The molecule has 0 saturated heterocycles. The van der Waals surface area contributed by atoms with Gasteiger partial charge in [0.2, 0.25) is 0 Å². The molecule has 0 fully saturated rings. The molecule has 4 heteroatoms. The van der Waals surface area contributed by atoms with Crippen molar-refractivity contribution in [1.29, 1.82) is 0 Å². The van der Waals surface area contributed by atoms with Crippen LogP contribution in [0.25, 0.3) is 0 Å². The Morgan fingerprint density at radius 3 is 2.58 bits per heavy atom. The van der Waals surface area contributed by atoms with Crippen LogP contribution in [-0.2, 0) is 0 Å². The van der Waals surface area contributed by atoms with Gasteiger partial charge in [-0.1, -0.05) is 37.8 Å². The topological polar surface area (TPSA) is 38.7 Å². The van der Waals surface area contributed by atoms with Gasteiger partial charge in [-0.05, 0) is 12.5 Å². The summed E-state index contributed by atoms with van der Waals surface area (Å²) in [5, 5.41) is 10.8. The molecule has 1 aliphatic heterocycles. The highest BCUT2D eigenvalue weighted by Crippen LogP contribution is 2.38. The van der Waals surface area contributed by atoms with Crippen molar-refractivity contribution < 1.29 is 14.6 Å². The first-order valence-corrected chi connectivity index (χ1v) is 7.37. The summed E-state index contributed by atoms with van der Waals surface area (Å²) in [4.78, 5) is 0. The smallest absolute Gasteiger partial charge is 0.162 e. The van der Waals surface area contributed by atoms with Crippen LogP contribution in [0.4, 0.5) is 0 Å². The molecule has 1 unspecified atom stereocenters. The van der Waals surface area contributed by atoms with Crippen molar-refractivity contribution in [2.45, 2.75) is 45.1 Å². The predicted octanol–water partition coefficient (Wildman–Crippen LogP) is 4.12. The van der Waals surface area contributed by atoms with Gasteiger partial charge in [0.1, 0.15) is 0 Å². The van der Waals surface area contributed by atoms with Gasteiger partial charge in [0.25, 0.3) is 0 Å². The minimum Gasteiger partial charge on any atom is -0.490 e. The van der Waals surface area contributed by atoms with E-state index in [1.165, 1.54) is 0 Å². The van der Waals surface area contributed by atoms with Gasteiger partial charge in [-0.2, -0.15) is 0 Å². The Morgan fingerprint density at radius 1 is 1.21 bits per heavy atom. The zero-order valence-electron chi connectivity index (χ0n) is 11.3. The van der Waals surface area contributed by atoms with E-state index in [1.807, 2.05) is 6.07 Å². The van der Waals surface area contributed by atoms with E-state index < -0.39 is 6.10 Å². The molecule has 1 aliphatic rings. The van der Waals surface area contributed by atoms with Crippen LogP contribution < -0.4 is 9.47 Å². The third kappa shape index (κ3) is 3.77. The van der Waals surface area contributed by atoms with Gasteiger partial charge < -0.3 is 14.6 Å². The molecule has 0 amide bonds. The summed E-state index contributed by atoms with van der Waals surface area (Å²) in [6.07, 6.45) is 4.33. The maximum atomic E-state index is 10.2. The average Bonchev–Trinajstić information content (AvgIpc) is 2.62. The first-order valence-electron chi connectivity index (χ1n) is 6.99. The van der Waals surface area contributed by atoms with Crippen molar-refractivity contribution in [3.63, 3.8) is 0 Å². The largest absolute Gasteiger partial charge is 0.490 e. The van der Waals surface area contributed by atoms with E-state index in [1.54, 1.807) is 6.07 Å². The molecule has 1 N–H and O–H groups in total. The van der Waals surface area contributed by atoms with E-state index in [9.17, 15) is 5.11 Å². The van der Waals surface area contributed by atoms with Crippen LogP contribution >= 0.6 is 11.6 Å². The summed E-state index contributed by atoms with van der Waals surface area (Å²) in [6.45, 7) is 3.43. The molecule has 0 spiro atoms. The fourth-order valence-corrected chi connectivity index (χ4v) is 2.48. The number of unbranched alkanes of at least 4 members (excludes halogenated alkanes) is 2. The van der Waals surface area contributed by atoms with E-state index in [0.29, 0.717) is 29.7 Å². The predicted molar refractivity (Wildman–Crippen MR) is 76.2 cm³/mol. The Kier molecular flexibility index (Phi) is 5.34. The second kappa shape index (κ2) is 7.01. The van der Waals surface area contributed by atoms with Gasteiger partial charge in [-0.3, -0.25) is 0 Å². The number of benzene rings is 1. The standard InChI is InChI=1S/C15H21ClO3/c1-2-3-4-6-13(17)11-9-14-15(10-12(11)16)19-8-5-7-18-14/h9-10,13,17H,2-8H2,1H3. The van der Waals surface area contributed by atoms with E-state index >= 15 is 0 Å². The fourth-order valence-electron chi connectivity index (χ4n) is 2.20. The number of halogens is 1. The van der Waals surface area contributed by atoms with Gasteiger partial charge in [0, 0.05) is 18.1 Å². The summed E-state index contributed by atoms with van der Waals surface area (Å²) in [5.41, 5.74) is 0.738. The minimum atomic E-state index is -0.531. The quantitative estimate of drug-likeness (QED) is 0.827. The number of hydrogen-bond donors (Lipinski definition) is 1. The second-order valence-corrected chi connectivity index (χ2v) is 5.29. The summed E-state index contributed by atoms with van der Waals surface area (Å²) < 4.78 is 11.2. The normalized spacial score (nSPS) is 15.9. The zero-order valence-corrected chi connectivity index (χ0v) is 12.1. The molecule has 1 aromatic carbocycles. The molecule has 1 atom stereocenters. The lowest BCUT2D eigenvalue weighted by Gasteiger charge is -2.16. The number of fused-ring (bicyclic) bond motifs is 1. The Hall–Kier alpha value is -0.930. The first kappa shape index (κ1) is 14.5. The molecule has 0 radical (unpaired) electrons. The molecule has 19 heavy (non-hydrogen) atoms. The van der Waals surface area contributed by atoms with Crippen LogP contribution in [0, 0.1) is 0 Å². The maximum Gasteiger partial charge on any atom is 0.162 e. The summed E-state index contributed by atoms with van der Waals surface area (Å²) in [6, 6.07) is 3.57. The summed E-state index contributed by atoms with van der Waals surface area (Å²) >= 11 is 6.23. The molecule has 1 heterocycles. The number of aliphatic hydroxyl groups excluding tert-OH is 1. The Labute approximate surface area is 119 Å². The highest BCUT2D eigenvalue weighted by atomic mass is 35.5. The Morgan fingerprint density at radius 2 is 1.89 bits per heavy atom. The number of aliphatic hydroxyl groups is 1. The molecular weight excluding hydrogens is 264 g/mol. The van der Waals surface area contributed by atoms with Gasteiger partial charge in [0.05, 0.1) is 24.3 Å². The lowest BCUT2D eigenvalue weighted by atomic mass is 10.0. The van der Waals surface area contributed by atoms with Crippen LogP contribution in [0.3, 0.4) is 0 Å². The van der Waals surface area contributed by atoms with Gasteiger partial charge in [0.15, 0.2) is 11.5 Å². The molecule has 3 nitrogen and oxygen atoms in total. The molecule has 0 saturated carbocycles. The first-order chi connectivity index (χ1) is 9.22. The van der Waals surface area contributed by atoms with Crippen molar-refractivity contribution in [2.75, 3.05) is 13.2 Å². The number of rotatable bonds is 5. The third-order valence-corrected chi connectivity index (χ3v) is 3.63. The van der Waals surface area contributed by atoms with Crippen LogP contribution in [0.5, 0.6) is 11.5 Å². The van der Waals surface area contributed by atoms with Crippen LogP contribution in [0.15, 0.2) is 12.1 Å². The van der Waals surface area contributed by atoms with Gasteiger partial charge in [-0.25, -0.2) is 0 Å². The minimum absolute atomic E-state index is 0.531. The van der Waals surface area contributed by atoms with E-state index in [0.717, 1.165) is 37.7 Å². The van der Waals surface area contributed by atoms with Crippen molar-refractivity contribution in [1.82, 2.24) is 0 Å². The van der Waals surface area contributed by atoms with Crippen molar-refractivity contribution in [3.8, 4) is 11.5 Å². The zero-order chi connectivity index (χ0) is 13.7. The van der Waals surface area contributed by atoms with E-state index in [2.05, 4.69) is 6.92 Å². The Bertz CT molecular complexity index is 420. The van der Waals surface area contributed by atoms with Crippen LogP contribution in [-0.4, -0.2) is 18.3 Å². The second-order valence-electron chi connectivity index (χ2n) is 4.88. The summed E-state index contributed by atoms with van der Waals surface area (Å²) in [7, 11) is 0. The van der Waals surface area contributed by atoms with Crippen molar-refractivity contribution in [3.05, 3.63) is 22.7 Å². The fraction of sp³-hybridized carbons (Fsp3) is 0.600. The molecular formula is C15H21ClO3. The highest BCUT2D eigenvalue weighted by molar-refractivity contribution is 6.31. The van der Waals surface area contributed by atoms with Gasteiger partial charge in [-0.15, -0.1) is 0 Å². The van der Waals surface area contributed by atoms with Crippen LogP contribution in [0.2, 0.25) is 5.02 Å². The molecule has 0 aromatic heterocycles. The van der Waals surface area contributed by atoms with Crippen molar-refractivity contribution >= 4 is 11.6 Å². The Balaban J connectivity index is 2.14. The lowest BCUT2D eigenvalue weighted by molar-refractivity contribution is 0.163. The molecule has 2 rings (SSSR count). The van der Waals surface area contributed by atoms with E-state index in [-0.39, 0.29) is 0 Å². The maximum absolute atomic E-state index is 10.2. The highest BCUT2D eigenvalue weighted by Gasteiger charge is 2.18. The average molecular weight is 285 g/mol. The molecule has 0 bridgehead atoms. The SMILES string of the molecule is CCCCCC(O)c1cc2c(cc1Cl)OCCCO2. The molecule has 1 aromatic rings. The monoisotopic (exact) mass is 284 g/mol. The summed E-state index contributed by atoms with van der Waals surface area (Å²) in [5.74, 6) is 1.36. The molecule has 106 valence electrons. The number of ether oxygens (including phenoxy) is 2. The lowest BCUT2D eigenvalue weighted by Crippen LogP contribution is -2.01. The van der Waals surface area contributed by atoms with Crippen LogP contribution in [0.1, 0.15) is 50.7 Å². The number of hydrogen-bond acceptors (Lipinski definition) is 3.